The van der Waals surface area contributed by atoms with Crippen molar-refractivity contribution in [3.8, 4) is 0 Å². The molecule has 0 spiro atoms. The van der Waals surface area contributed by atoms with Crippen LogP contribution in [0.1, 0.15) is 106 Å². The molecule has 7 aliphatic rings. The summed E-state index contributed by atoms with van der Waals surface area (Å²) >= 11 is 0. The van der Waals surface area contributed by atoms with E-state index in [0.717, 1.165) is 44.9 Å². The smallest absolute Gasteiger partial charge is 0.310 e. The topological polar surface area (TPSA) is 236 Å². The predicted molar refractivity (Wildman–Crippen MR) is 199 cm³/mol. The van der Waals surface area contributed by atoms with E-state index in [1.54, 1.807) is 0 Å². The second kappa shape index (κ2) is 14.7. The van der Waals surface area contributed by atoms with Gasteiger partial charge in [-0.3, -0.25) is 4.79 Å². The van der Waals surface area contributed by atoms with Gasteiger partial charge in [0.1, 0.15) is 48.8 Å². The summed E-state index contributed by atoms with van der Waals surface area (Å²) in [4.78, 5) is 13.0. The second-order valence-electron chi connectivity index (χ2n) is 20.5. The fraction of sp³-hybridized carbons (Fsp3) is 0.929. The van der Waals surface area contributed by atoms with Crippen molar-refractivity contribution >= 4 is 5.97 Å². The monoisotopic (exact) mass is 796 g/mol. The van der Waals surface area contributed by atoms with Gasteiger partial charge in [-0.15, -0.1) is 0 Å². The molecule has 0 bridgehead atoms. The van der Waals surface area contributed by atoms with Crippen LogP contribution in [0.4, 0.5) is 0 Å². The van der Waals surface area contributed by atoms with Crippen molar-refractivity contribution in [1.82, 2.24) is 0 Å². The van der Waals surface area contributed by atoms with Gasteiger partial charge in [0, 0.05) is 5.41 Å². The minimum Gasteiger partial charge on any atom is -0.481 e. The Morgan fingerprint density at radius 2 is 1.38 bits per heavy atom. The molecule has 0 radical (unpaired) electrons. The summed E-state index contributed by atoms with van der Waals surface area (Å²) in [5.74, 6) is -0.324. The summed E-state index contributed by atoms with van der Waals surface area (Å²) in [6.45, 7) is 12.5. The lowest BCUT2D eigenvalue weighted by molar-refractivity contribution is -0.347. The van der Waals surface area contributed by atoms with Gasteiger partial charge in [0.2, 0.25) is 0 Å². The molecule has 2 aliphatic heterocycles. The third-order valence-electron chi connectivity index (χ3n) is 17.4. The van der Waals surface area contributed by atoms with Crippen molar-refractivity contribution in [1.29, 1.82) is 0 Å². The Kier molecular flexibility index (Phi) is 11.3. The number of fused-ring (bicyclic) bond motifs is 7. The number of aliphatic hydroxyl groups is 8. The van der Waals surface area contributed by atoms with Gasteiger partial charge in [0.05, 0.1) is 31.3 Å². The van der Waals surface area contributed by atoms with Crippen LogP contribution in [-0.4, -0.2) is 139 Å². The van der Waals surface area contributed by atoms with Crippen LogP contribution < -0.4 is 0 Å². The summed E-state index contributed by atoms with van der Waals surface area (Å²) in [6, 6.07) is 0. The van der Waals surface area contributed by atoms with Gasteiger partial charge in [-0.05, 0) is 104 Å². The van der Waals surface area contributed by atoms with Gasteiger partial charge in [-0.2, -0.15) is 0 Å². The van der Waals surface area contributed by atoms with E-state index in [1.165, 1.54) is 5.57 Å². The Hall–Kier alpha value is -1.27. The molecule has 56 heavy (non-hydrogen) atoms. The molecule has 5 aliphatic carbocycles. The largest absolute Gasteiger partial charge is 0.481 e. The average molecular weight is 797 g/mol. The molecule has 7 rings (SSSR count). The Labute approximate surface area is 330 Å². The van der Waals surface area contributed by atoms with E-state index in [2.05, 4.69) is 40.7 Å². The normalized spacial score (nSPS) is 54.1. The lowest BCUT2D eigenvalue weighted by Crippen LogP contribution is -2.67. The Morgan fingerprint density at radius 3 is 2.02 bits per heavy atom. The number of carboxylic acids is 1. The Balaban J connectivity index is 1.10. The molecule has 2 saturated heterocycles. The van der Waals surface area contributed by atoms with E-state index in [1.807, 2.05) is 6.92 Å². The zero-order valence-corrected chi connectivity index (χ0v) is 33.9. The van der Waals surface area contributed by atoms with E-state index in [-0.39, 0.29) is 46.0 Å². The maximum Gasteiger partial charge on any atom is 0.310 e. The lowest BCUT2D eigenvalue weighted by atomic mass is 9.33. The molecule has 6 fully saturated rings. The molecule has 0 aromatic carbocycles. The molecule has 320 valence electrons. The van der Waals surface area contributed by atoms with E-state index in [9.17, 15) is 50.8 Å². The van der Waals surface area contributed by atoms with Crippen LogP contribution in [0.15, 0.2) is 11.6 Å². The van der Waals surface area contributed by atoms with Crippen molar-refractivity contribution in [2.45, 2.75) is 173 Å². The number of aliphatic carboxylic acids is 1. The molecule has 14 heteroatoms. The van der Waals surface area contributed by atoms with Crippen LogP contribution in [0.2, 0.25) is 0 Å². The first-order chi connectivity index (χ1) is 26.1. The van der Waals surface area contributed by atoms with Crippen molar-refractivity contribution < 1.29 is 69.7 Å². The second-order valence-corrected chi connectivity index (χ2v) is 20.5. The van der Waals surface area contributed by atoms with Gasteiger partial charge < -0.3 is 64.9 Å². The molecule has 14 nitrogen and oxygen atoms in total. The first kappa shape index (κ1) is 42.8. The molecule has 1 unspecified atom stereocenters. The fourth-order valence-corrected chi connectivity index (χ4v) is 13.6. The third kappa shape index (κ3) is 6.29. The highest BCUT2D eigenvalue weighted by Crippen LogP contribution is 2.76. The molecular formula is C42H68O14. The number of rotatable bonds is 8. The summed E-state index contributed by atoms with van der Waals surface area (Å²) in [7, 11) is 0. The molecule has 0 aromatic rings. The third-order valence-corrected chi connectivity index (χ3v) is 17.4. The minimum atomic E-state index is -1.68. The van der Waals surface area contributed by atoms with E-state index >= 15 is 0 Å². The van der Waals surface area contributed by atoms with Crippen LogP contribution >= 0.6 is 0 Å². The fourth-order valence-electron chi connectivity index (χ4n) is 13.6. The minimum absolute atomic E-state index is 0.0138. The maximum absolute atomic E-state index is 13.0. The first-order valence-corrected chi connectivity index (χ1v) is 21.0. The van der Waals surface area contributed by atoms with Crippen molar-refractivity contribution in [3.63, 3.8) is 0 Å². The molecule has 2 heterocycles. The van der Waals surface area contributed by atoms with E-state index in [0.29, 0.717) is 19.3 Å². The number of ether oxygens (including phenoxy) is 4. The number of carbonyl (C=O) groups is 1. The van der Waals surface area contributed by atoms with Crippen molar-refractivity contribution in [3.05, 3.63) is 11.6 Å². The molecule has 0 aromatic heterocycles. The highest BCUT2D eigenvalue weighted by atomic mass is 16.7. The van der Waals surface area contributed by atoms with Crippen molar-refractivity contribution in [2.24, 2.45) is 50.2 Å². The number of allylic oxidation sites excluding steroid dienone is 2. The zero-order valence-electron chi connectivity index (χ0n) is 33.9. The highest BCUT2D eigenvalue weighted by Gasteiger charge is 2.70. The van der Waals surface area contributed by atoms with Crippen LogP contribution in [-0.2, 0) is 23.7 Å². The van der Waals surface area contributed by atoms with Crippen molar-refractivity contribution in [2.75, 3.05) is 19.8 Å². The van der Waals surface area contributed by atoms with E-state index in [4.69, 9.17) is 18.9 Å². The number of carboxylic acid groups (broad SMARTS) is 1. The molecule has 4 saturated carbocycles. The summed E-state index contributed by atoms with van der Waals surface area (Å²) in [5, 5.41) is 95.1. The van der Waals surface area contributed by atoms with Crippen LogP contribution in [0.25, 0.3) is 0 Å². The standard InChI is InChI=1S/C42H68O14/c1-37(2)13-15-42(36(51)52)16-14-40(5)21(22(42)17-37)7-8-26-38(3)11-10-27(39(4,20-44)25(38)9-12-41(26,40)6)56-35-33(50)31(48)29(46)24(55-35)19-53-34-32(49)30(47)28(45)23(18-43)54-34/h7,22-35,43-50H,8-20H2,1-6H3,(H,51,52)/t22-,23+,24+,25?,26+,27-,28-,29+,30-,31-,32+,33+,34-,35-,38-,39-,40+,41+,42-/m0/s1. The summed E-state index contributed by atoms with van der Waals surface area (Å²) in [5.41, 5.74) is -0.474. The Morgan fingerprint density at radius 1 is 0.750 bits per heavy atom. The summed E-state index contributed by atoms with van der Waals surface area (Å²) < 4.78 is 23.6. The average Bonchev–Trinajstić information content (AvgIpc) is 3.15. The molecule has 19 atom stereocenters. The quantitative estimate of drug-likeness (QED) is 0.126. The summed E-state index contributed by atoms with van der Waals surface area (Å²) in [6.07, 6.45) is -5.44. The number of aliphatic hydroxyl groups excluding tert-OH is 8. The Bertz CT molecular complexity index is 1500. The van der Waals surface area contributed by atoms with Crippen LogP contribution in [0.3, 0.4) is 0 Å². The first-order valence-electron chi connectivity index (χ1n) is 21.0. The van der Waals surface area contributed by atoms with Gasteiger partial charge in [-0.1, -0.05) is 53.2 Å². The molecular weight excluding hydrogens is 728 g/mol. The highest BCUT2D eigenvalue weighted by molar-refractivity contribution is 5.76. The van der Waals surface area contributed by atoms with Crippen LogP contribution in [0.5, 0.6) is 0 Å². The van der Waals surface area contributed by atoms with Gasteiger partial charge in [0.25, 0.3) is 0 Å². The van der Waals surface area contributed by atoms with Gasteiger partial charge in [0.15, 0.2) is 12.6 Å². The predicted octanol–water partition coefficient (Wildman–Crippen LogP) is 1.85. The molecule has 9 N–H and O–H groups in total. The number of hydrogen-bond acceptors (Lipinski definition) is 13. The maximum atomic E-state index is 13.0. The van der Waals surface area contributed by atoms with Crippen LogP contribution in [0, 0.1) is 50.2 Å². The van der Waals surface area contributed by atoms with Gasteiger partial charge in [-0.25, -0.2) is 0 Å². The SMILES string of the molecule is CC1(C)CC[C@]2(C(=O)O)CC[C@]3(C)C(=CC[C@@H]4[C@@]5(C)CC[C@H](O[C@@H]6O[C@H](CO[C@H]7O[C@H](CO)[C@H](O)[C@H](O)[C@H]7O)[C@@H](O)[C@H](O)[C@H]6O)[C@@](C)(CO)C5CC[C@]43C)[C@@H]2C1. The van der Waals surface area contributed by atoms with E-state index < -0.39 is 97.5 Å². The van der Waals surface area contributed by atoms with Gasteiger partial charge >= 0.3 is 5.97 Å². The zero-order chi connectivity index (χ0) is 41.0. The lowest BCUT2D eigenvalue weighted by Gasteiger charge is -2.71. The number of hydrogen-bond donors (Lipinski definition) is 9. The molecule has 0 amide bonds.